The average molecular weight is 483 g/mol. The van der Waals surface area contributed by atoms with Crippen LogP contribution in [0.4, 0.5) is 5.13 Å². The molecule has 1 aliphatic rings. The number of anilines is 1. The van der Waals surface area contributed by atoms with Gasteiger partial charge >= 0.3 is 0 Å². The molecule has 5 nitrogen and oxygen atoms in total. The molecule has 4 rings (SSSR count). The van der Waals surface area contributed by atoms with Crippen molar-refractivity contribution in [3.63, 3.8) is 0 Å². The number of halogens is 2. The lowest BCUT2D eigenvalue weighted by Crippen LogP contribution is -2.39. The summed E-state index contributed by atoms with van der Waals surface area (Å²) in [5, 5.41) is 3.58. The van der Waals surface area contributed by atoms with Crippen LogP contribution in [0.15, 0.2) is 52.7 Å². The highest BCUT2D eigenvalue weighted by atomic mass is 35.5. The molecule has 1 fully saturated rings. The van der Waals surface area contributed by atoms with Crippen LogP contribution in [0.3, 0.4) is 0 Å². The molecule has 0 amide bonds. The van der Waals surface area contributed by atoms with Crippen molar-refractivity contribution in [1.29, 1.82) is 0 Å². The topological polar surface area (TPSA) is 59.5 Å². The Morgan fingerprint density at radius 1 is 1.10 bits per heavy atom. The van der Waals surface area contributed by atoms with Crippen molar-refractivity contribution in [2.45, 2.75) is 23.0 Å². The second-order valence-electron chi connectivity index (χ2n) is 7.05. The molecule has 1 aromatic heterocycles. The Bertz CT molecular complexity index is 1140. The normalized spacial score (nSPS) is 15.4. The van der Waals surface area contributed by atoms with Gasteiger partial charge in [-0.05, 0) is 55.3 Å². The van der Waals surface area contributed by atoms with Crippen molar-refractivity contribution in [2.75, 3.05) is 25.1 Å². The average Bonchev–Trinajstić information content (AvgIpc) is 3.24. The molecule has 2 heterocycles. The zero-order chi connectivity index (χ0) is 21.3. The van der Waals surface area contributed by atoms with Crippen LogP contribution in [0.25, 0.3) is 11.3 Å². The third-order valence-corrected chi connectivity index (χ3v) is 8.97. The fourth-order valence-electron chi connectivity index (χ4n) is 3.55. The first-order chi connectivity index (χ1) is 14.4. The lowest BCUT2D eigenvalue weighted by atomic mass is 10.1. The van der Waals surface area contributed by atoms with Crippen LogP contribution in [0.5, 0.6) is 5.75 Å². The van der Waals surface area contributed by atoms with E-state index in [1.807, 2.05) is 11.4 Å². The molecule has 0 saturated carbocycles. The minimum absolute atomic E-state index is 0.343. The van der Waals surface area contributed by atoms with Crippen molar-refractivity contribution in [3.8, 4) is 17.0 Å². The van der Waals surface area contributed by atoms with Gasteiger partial charge in [-0.15, -0.1) is 11.3 Å². The van der Waals surface area contributed by atoms with Crippen LogP contribution in [-0.4, -0.2) is 38.9 Å². The molecule has 1 saturated heterocycles. The summed E-state index contributed by atoms with van der Waals surface area (Å²) in [4.78, 5) is 7.19. The Kier molecular flexibility index (Phi) is 6.25. The SMILES string of the molecule is COc1ccc(S(=O)(=O)C2CCN(c3nc(-c4ccc(Cl)cc4Cl)cs3)CC2)cc1. The summed E-state index contributed by atoms with van der Waals surface area (Å²) in [6.07, 6.45) is 1.12. The van der Waals surface area contributed by atoms with Gasteiger partial charge in [0.15, 0.2) is 15.0 Å². The van der Waals surface area contributed by atoms with Crippen LogP contribution in [-0.2, 0) is 9.84 Å². The standard InChI is InChI=1S/C21H20Cl2N2O3S2/c1-28-15-3-5-16(6-4-15)30(26,27)17-8-10-25(11-9-17)21-24-20(13-29-21)18-7-2-14(22)12-19(18)23/h2-7,12-13,17H,8-11H2,1H3. The molecular formula is C21H20Cl2N2O3S2. The second-order valence-corrected chi connectivity index (χ2v) is 11.0. The van der Waals surface area contributed by atoms with E-state index in [1.54, 1.807) is 43.5 Å². The van der Waals surface area contributed by atoms with Gasteiger partial charge in [0.2, 0.25) is 0 Å². The van der Waals surface area contributed by atoms with E-state index in [0.29, 0.717) is 46.6 Å². The molecule has 2 aromatic carbocycles. The maximum Gasteiger partial charge on any atom is 0.185 e. The maximum atomic E-state index is 13.0. The van der Waals surface area contributed by atoms with E-state index < -0.39 is 15.1 Å². The Balaban J connectivity index is 1.45. The number of nitrogens with zero attached hydrogens (tertiary/aromatic N) is 2. The molecule has 158 valence electrons. The highest BCUT2D eigenvalue weighted by Gasteiger charge is 2.32. The van der Waals surface area contributed by atoms with Crippen molar-refractivity contribution in [1.82, 2.24) is 4.98 Å². The van der Waals surface area contributed by atoms with Crippen molar-refractivity contribution < 1.29 is 13.2 Å². The Hall–Kier alpha value is -1.80. The summed E-state index contributed by atoms with van der Waals surface area (Å²) in [7, 11) is -1.81. The minimum atomic E-state index is -3.37. The number of rotatable bonds is 5. The fourth-order valence-corrected chi connectivity index (χ4v) is 6.66. The summed E-state index contributed by atoms with van der Waals surface area (Å²) in [6.45, 7) is 1.28. The van der Waals surface area contributed by atoms with Gasteiger partial charge in [0.25, 0.3) is 0 Å². The van der Waals surface area contributed by atoms with Crippen molar-refractivity contribution in [3.05, 3.63) is 57.9 Å². The number of piperidine rings is 1. The third kappa shape index (κ3) is 4.30. The number of ether oxygens (including phenoxy) is 1. The quantitative estimate of drug-likeness (QED) is 0.475. The second kappa shape index (κ2) is 8.75. The summed E-state index contributed by atoms with van der Waals surface area (Å²) in [5.74, 6) is 0.643. The van der Waals surface area contributed by atoms with Crippen LogP contribution in [0.2, 0.25) is 10.0 Å². The number of methoxy groups -OCH3 is 1. The highest BCUT2D eigenvalue weighted by Crippen LogP contribution is 2.35. The zero-order valence-electron chi connectivity index (χ0n) is 16.2. The van der Waals surface area contributed by atoms with Crippen molar-refractivity contribution in [2.24, 2.45) is 0 Å². The van der Waals surface area contributed by atoms with Crippen molar-refractivity contribution >= 4 is 49.5 Å². The molecule has 0 radical (unpaired) electrons. The number of aromatic nitrogens is 1. The van der Waals surface area contributed by atoms with Gasteiger partial charge in [-0.2, -0.15) is 0 Å². The van der Waals surface area contributed by atoms with E-state index in [0.717, 1.165) is 16.4 Å². The molecule has 0 atom stereocenters. The number of thiazole rings is 1. The van der Waals surface area contributed by atoms with Gasteiger partial charge in [-0.3, -0.25) is 0 Å². The zero-order valence-corrected chi connectivity index (χ0v) is 19.4. The van der Waals surface area contributed by atoms with Gasteiger partial charge in [0, 0.05) is 29.1 Å². The predicted molar refractivity (Wildman–Crippen MR) is 123 cm³/mol. The van der Waals surface area contributed by atoms with E-state index in [1.165, 1.54) is 11.3 Å². The molecule has 30 heavy (non-hydrogen) atoms. The molecule has 9 heteroatoms. The Labute approximate surface area is 190 Å². The molecule has 0 spiro atoms. The number of benzene rings is 2. The summed E-state index contributed by atoms with van der Waals surface area (Å²) >= 11 is 13.8. The monoisotopic (exact) mass is 482 g/mol. The van der Waals surface area contributed by atoms with Crippen LogP contribution >= 0.6 is 34.5 Å². The Morgan fingerprint density at radius 2 is 1.80 bits per heavy atom. The number of hydrogen-bond acceptors (Lipinski definition) is 6. The first-order valence-corrected chi connectivity index (χ1v) is 12.6. The van der Waals surface area contributed by atoms with E-state index in [4.69, 9.17) is 32.9 Å². The van der Waals surface area contributed by atoms with E-state index in [2.05, 4.69) is 4.90 Å². The van der Waals surface area contributed by atoms with E-state index in [-0.39, 0.29) is 0 Å². The van der Waals surface area contributed by atoms with Gasteiger partial charge in [-0.25, -0.2) is 13.4 Å². The molecule has 0 bridgehead atoms. The summed E-state index contributed by atoms with van der Waals surface area (Å²) < 4.78 is 31.1. The molecule has 0 unspecified atom stereocenters. The third-order valence-electron chi connectivity index (χ3n) is 5.24. The summed E-state index contributed by atoms with van der Waals surface area (Å²) in [5.41, 5.74) is 1.63. The minimum Gasteiger partial charge on any atom is -0.497 e. The fraction of sp³-hybridized carbons (Fsp3) is 0.286. The van der Waals surface area contributed by atoms with E-state index >= 15 is 0 Å². The van der Waals surface area contributed by atoms with Gasteiger partial charge in [-0.1, -0.05) is 23.2 Å². The van der Waals surface area contributed by atoms with Gasteiger partial charge < -0.3 is 9.64 Å². The lowest BCUT2D eigenvalue weighted by molar-refractivity contribution is 0.414. The molecule has 0 aliphatic carbocycles. The smallest absolute Gasteiger partial charge is 0.185 e. The van der Waals surface area contributed by atoms with Crippen LogP contribution in [0.1, 0.15) is 12.8 Å². The first-order valence-electron chi connectivity index (χ1n) is 9.42. The maximum absolute atomic E-state index is 13.0. The highest BCUT2D eigenvalue weighted by molar-refractivity contribution is 7.92. The molecule has 0 N–H and O–H groups in total. The molecular weight excluding hydrogens is 463 g/mol. The lowest BCUT2D eigenvalue weighted by Gasteiger charge is -2.31. The summed E-state index contributed by atoms with van der Waals surface area (Å²) in [6, 6.07) is 11.9. The van der Waals surface area contributed by atoms with Crippen LogP contribution < -0.4 is 9.64 Å². The predicted octanol–water partition coefficient (Wildman–Crippen LogP) is 5.57. The number of sulfone groups is 1. The molecule has 3 aromatic rings. The van der Waals surface area contributed by atoms with Gasteiger partial charge in [0.1, 0.15) is 5.75 Å². The Morgan fingerprint density at radius 3 is 2.43 bits per heavy atom. The van der Waals surface area contributed by atoms with Crippen LogP contribution in [0, 0.1) is 0 Å². The van der Waals surface area contributed by atoms with E-state index in [9.17, 15) is 8.42 Å². The molecule has 1 aliphatic heterocycles. The van der Waals surface area contributed by atoms with Gasteiger partial charge in [0.05, 0.1) is 28.0 Å². The first kappa shape index (κ1) is 21.4. The largest absolute Gasteiger partial charge is 0.497 e. The number of hydrogen-bond donors (Lipinski definition) is 0.